The third-order valence-electron chi connectivity index (χ3n) is 3.35. The van der Waals surface area contributed by atoms with Crippen LogP contribution in [0.3, 0.4) is 0 Å². The summed E-state index contributed by atoms with van der Waals surface area (Å²) in [5.41, 5.74) is 6.48. The topological polar surface area (TPSA) is 60.2 Å². The lowest BCUT2D eigenvalue weighted by Crippen LogP contribution is -2.24. The molecular formula is C13H19N3OS. The van der Waals surface area contributed by atoms with E-state index in [2.05, 4.69) is 17.2 Å². The van der Waals surface area contributed by atoms with E-state index in [-0.39, 0.29) is 0 Å². The van der Waals surface area contributed by atoms with Gasteiger partial charge < -0.3 is 15.8 Å². The normalized spacial score (nSPS) is 22.9. The lowest BCUT2D eigenvalue weighted by molar-refractivity contribution is 0.0900. The Bertz CT molecular complexity index is 424. The van der Waals surface area contributed by atoms with Crippen molar-refractivity contribution in [1.29, 1.82) is 0 Å². The van der Waals surface area contributed by atoms with Crippen LogP contribution in [-0.4, -0.2) is 29.2 Å². The second kappa shape index (κ2) is 6.11. The van der Waals surface area contributed by atoms with Crippen LogP contribution in [0.2, 0.25) is 0 Å². The van der Waals surface area contributed by atoms with Crippen LogP contribution in [0, 0.1) is 5.92 Å². The summed E-state index contributed by atoms with van der Waals surface area (Å²) < 4.78 is 5.67. The summed E-state index contributed by atoms with van der Waals surface area (Å²) in [5, 5.41) is 3.34. The van der Waals surface area contributed by atoms with Gasteiger partial charge in [0.25, 0.3) is 0 Å². The molecule has 0 spiro atoms. The number of hydrogen-bond donors (Lipinski definition) is 2. The Morgan fingerprint density at radius 1 is 1.67 bits per heavy atom. The zero-order valence-corrected chi connectivity index (χ0v) is 11.4. The second-order valence-corrected chi connectivity index (χ2v) is 4.95. The third kappa shape index (κ3) is 2.97. The fraction of sp³-hybridized carbons (Fsp3) is 0.538. The quantitative estimate of drug-likeness (QED) is 0.797. The van der Waals surface area contributed by atoms with E-state index in [1.54, 1.807) is 6.20 Å². The highest BCUT2D eigenvalue weighted by Crippen LogP contribution is 2.24. The van der Waals surface area contributed by atoms with E-state index < -0.39 is 0 Å². The molecule has 5 heteroatoms. The largest absolute Gasteiger partial charge is 0.389 e. The smallest absolute Gasteiger partial charge is 0.136 e. The Morgan fingerprint density at radius 2 is 2.50 bits per heavy atom. The molecule has 2 rings (SSSR count). The van der Waals surface area contributed by atoms with Crippen molar-refractivity contribution < 1.29 is 4.74 Å². The minimum absolute atomic E-state index is 0.356. The minimum atomic E-state index is 0.356. The van der Waals surface area contributed by atoms with Gasteiger partial charge in [-0.1, -0.05) is 19.1 Å². The molecular weight excluding hydrogens is 246 g/mol. The summed E-state index contributed by atoms with van der Waals surface area (Å²) >= 11 is 5.02. The molecule has 0 aromatic carbocycles. The molecule has 1 aromatic heterocycles. The van der Waals surface area contributed by atoms with Gasteiger partial charge in [-0.25, -0.2) is 4.98 Å². The Balaban J connectivity index is 2.00. The summed E-state index contributed by atoms with van der Waals surface area (Å²) in [6.07, 6.45) is 4.25. The van der Waals surface area contributed by atoms with Crippen molar-refractivity contribution in [2.75, 3.05) is 18.5 Å². The zero-order valence-electron chi connectivity index (χ0n) is 10.6. The van der Waals surface area contributed by atoms with Crippen LogP contribution in [0.5, 0.6) is 0 Å². The fourth-order valence-corrected chi connectivity index (χ4v) is 2.51. The van der Waals surface area contributed by atoms with Crippen molar-refractivity contribution in [3.63, 3.8) is 0 Å². The van der Waals surface area contributed by atoms with Gasteiger partial charge in [-0.15, -0.1) is 0 Å². The van der Waals surface area contributed by atoms with Crippen LogP contribution in [0.1, 0.15) is 25.3 Å². The maximum Gasteiger partial charge on any atom is 0.136 e. The molecule has 1 aliphatic rings. The number of pyridine rings is 1. The lowest BCUT2D eigenvalue weighted by Gasteiger charge is -2.18. The van der Waals surface area contributed by atoms with E-state index in [0.717, 1.165) is 37.4 Å². The van der Waals surface area contributed by atoms with Crippen LogP contribution in [-0.2, 0) is 4.74 Å². The van der Waals surface area contributed by atoms with Gasteiger partial charge in [0.05, 0.1) is 11.7 Å². The maximum absolute atomic E-state index is 5.68. The second-order valence-electron chi connectivity index (χ2n) is 4.51. The van der Waals surface area contributed by atoms with Crippen molar-refractivity contribution >= 4 is 23.0 Å². The van der Waals surface area contributed by atoms with Crippen LogP contribution in [0.25, 0.3) is 0 Å². The van der Waals surface area contributed by atoms with Crippen LogP contribution >= 0.6 is 12.2 Å². The Kier molecular flexibility index (Phi) is 4.49. The number of ether oxygens (including phenoxy) is 1. The molecule has 2 heterocycles. The predicted octanol–water partition coefficient (Wildman–Crippen LogP) is 1.94. The lowest BCUT2D eigenvalue weighted by atomic mass is 9.99. The van der Waals surface area contributed by atoms with Gasteiger partial charge >= 0.3 is 0 Å². The van der Waals surface area contributed by atoms with Gasteiger partial charge in [0.15, 0.2) is 0 Å². The monoisotopic (exact) mass is 265 g/mol. The molecule has 1 aromatic rings. The molecule has 2 atom stereocenters. The highest BCUT2D eigenvalue weighted by Gasteiger charge is 2.26. The van der Waals surface area contributed by atoms with E-state index in [0.29, 0.717) is 17.0 Å². The van der Waals surface area contributed by atoms with E-state index >= 15 is 0 Å². The van der Waals surface area contributed by atoms with Gasteiger partial charge in [-0.05, 0) is 25.0 Å². The van der Waals surface area contributed by atoms with Gasteiger partial charge in [0.1, 0.15) is 10.8 Å². The average Bonchev–Trinajstić information content (AvgIpc) is 2.84. The average molecular weight is 265 g/mol. The maximum atomic E-state index is 5.68. The van der Waals surface area contributed by atoms with Gasteiger partial charge in [-0.2, -0.15) is 0 Å². The Labute approximate surface area is 113 Å². The summed E-state index contributed by atoms with van der Waals surface area (Å²) in [5.74, 6) is 1.31. The predicted molar refractivity (Wildman–Crippen MR) is 76.8 cm³/mol. The number of nitrogens with one attached hydrogen (secondary N) is 1. The molecule has 3 N–H and O–H groups in total. The highest BCUT2D eigenvalue weighted by atomic mass is 32.1. The summed E-state index contributed by atoms with van der Waals surface area (Å²) in [6, 6.07) is 3.73. The van der Waals surface area contributed by atoms with Crippen LogP contribution < -0.4 is 11.1 Å². The van der Waals surface area contributed by atoms with Crippen molar-refractivity contribution in [2.45, 2.75) is 25.9 Å². The number of thiocarbonyl (C=S) groups is 1. The first-order valence-electron chi connectivity index (χ1n) is 6.32. The van der Waals surface area contributed by atoms with E-state index in [1.165, 1.54) is 0 Å². The van der Waals surface area contributed by atoms with Crippen LogP contribution in [0.15, 0.2) is 18.3 Å². The SMILES string of the molecule is CCC1OCCC1CNc1ncccc1C(N)=S. The van der Waals surface area contributed by atoms with Gasteiger partial charge in [-0.3, -0.25) is 0 Å². The molecule has 98 valence electrons. The Morgan fingerprint density at radius 3 is 3.22 bits per heavy atom. The first-order valence-corrected chi connectivity index (χ1v) is 6.73. The molecule has 1 aliphatic heterocycles. The van der Waals surface area contributed by atoms with Crippen LogP contribution in [0.4, 0.5) is 5.82 Å². The molecule has 18 heavy (non-hydrogen) atoms. The molecule has 1 fully saturated rings. The third-order valence-corrected chi connectivity index (χ3v) is 3.57. The number of aromatic nitrogens is 1. The van der Waals surface area contributed by atoms with Gasteiger partial charge in [0, 0.05) is 25.3 Å². The van der Waals surface area contributed by atoms with Crippen molar-refractivity contribution in [3.05, 3.63) is 23.9 Å². The molecule has 0 saturated carbocycles. The number of rotatable bonds is 5. The van der Waals surface area contributed by atoms with Crippen molar-refractivity contribution in [2.24, 2.45) is 11.7 Å². The van der Waals surface area contributed by atoms with Crippen molar-refractivity contribution in [1.82, 2.24) is 4.98 Å². The molecule has 2 unspecified atom stereocenters. The van der Waals surface area contributed by atoms with Gasteiger partial charge in [0.2, 0.25) is 0 Å². The summed E-state index contributed by atoms with van der Waals surface area (Å²) in [4.78, 5) is 4.67. The number of anilines is 1. The standard InChI is InChI=1S/C13H19N3OS/c1-2-11-9(5-7-17-11)8-16-13-10(12(14)18)4-3-6-15-13/h3-4,6,9,11H,2,5,7-8H2,1H3,(H2,14,18)(H,15,16). The zero-order chi connectivity index (χ0) is 13.0. The summed E-state index contributed by atoms with van der Waals surface area (Å²) in [7, 11) is 0. The Hall–Kier alpha value is -1.20. The summed E-state index contributed by atoms with van der Waals surface area (Å²) in [6.45, 7) is 3.87. The number of hydrogen-bond acceptors (Lipinski definition) is 4. The molecule has 0 aliphatic carbocycles. The fourth-order valence-electron chi connectivity index (χ4n) is 2.35. The number of nitrogens with two attached hydrogens (primary N) is 1. The molecule has 4 nitrogen and oxygen atoms in total. The van der Waals surface area contributed by atoms with Crippen molar-refractivity contribution in [3.8, 4) is 0 Å². The highest BCUT2D eigenvalue weighted by molar-refractivity contribution is 7.80. The first-order chi connectivity index (χ1) is 8.72. The molecule has 0 radical (unpaired) electrons. The van der Waals surface area contributed by atoms with E-state index in [1.807, 2.05) is 12.1 Å². The minimum Gasteiger partial charge on any atom is -0.389 e. The molecule has 0 amide bonds. The van der Waals surface area contributed by atoms with E-state index in [9.17, 15) is 0 Å². The molecule has 0 bridgehead atoms. The molecule has 1 saturated heterocycles. The first kappa shape index (κ1) is 13.2. The number of nitrogens with zero attached hydrogens (tertiary/aromatic N) is 1. The van der Waals surface area contributed by atoms with E-state index in [4.69, 9.17) is 22.7 Å².